The molecule has 1 aromatic carbocycles. The van der Waals surface area contributed by atoms with Gasteiger partial charge in [-0.25, -0.2) is 13.2 Å². The van der Waals surface area contributed by atoms with Gasteiger partial charge in [0.2, 0.25) is 10.0 Å². The van der Waals surface area contributed by atoms with Crippen LogP contribution in [0.2, 0.25) is 5.02 Å². The van der Waals surface area contributed by atoms with E-state index < -0.39 is 10.0 Å². The number of nitrogens with zero attached hydrogens (tertiary/aromatic N) is 1. The van der Waals surface area contributed by atoms with Gasteiger partial charge in [-0.3, -0.25) is 0 Å². The van der Waals surface area contributed by atoms with Gasteiger partial charge >= 0.3 is 6.03 Å². The van der Waals surface area contributed by atoms with Crippen LogP contribution in [0.25, 0.3) is 0 Å². The zero-order valence-electron chi connectivity index (χ0n) is 17.5. The quantitative estimate of drug-likeness (QED) is 0.675. The van der Waals surface area contributed by atoms with Crippen LogP contribution in [0.3, 0.4) is 0 Å². The summed E-state index contributed by atoms with van der Waals surface area (Å²) >= 11 is 5.96. The van der Waals surface area contributed by atoms with Gasteiger partial charge in [-0.15, -0.1) is 0 Å². The molecule has 0 spiro atoms. The molecular weight excluding hydrogens is 422 g/mol. The fourth-order valence-electron chi connectivity index (χ4n) is 3.96. The number of carbonyl (C=O) groups excluding carboxylic acids is 1. The highest BCUT2D eigenvalue weighted by Crippen LogP contribution is 2.27. The minimum Gasteiger partial charge on any atom is -0.337 e. The highest BCUT2D eigenvalue weighted by Gasteiger charge is 2.35. The van der Waals surface area contributed by atoms with Gasteiger partial charge in [-0.2, -0.15) is 4.31 Å². The maximum absolute atomic E-state index is 13.0. The lowest BCUT2D eigenvalue weighted by molar-refractivity contribution is 0.237. The van der Waals surface area contributed by atoms with Gasteiger partial charge in [0.1, 0.15) is 0 Å². The van der Waals surface area contributed by atoms with Gasteiger partial charge in [0, 0.05) is 24.2 Å². The lowest BCUT2D eigenvalue weighted by Gasteiger charge is -2.25. The molecule has 30 heavy (non-hydrogen) atoms. The van der Waals surface area contributed by atoms with Gasteiger partial charge in [-0.1, -0.05) is 64.6 Å². The SMILES string of the molecule is O=C(NCC1CCCN1S(=O)(=O)c1cccc(Cl)c1)N[C]1CCCCCCC1.[CH2].[CH2]. The molecule has 1 unspecified atom stereocenters. The third-order valence-corrected chi connectivity index (χ3v) is 7.65. The second-order valence-electron chi connectivity index (χ2n) is 7.58. The van der Waals surface area contributed by atoms with E-state index >= 15 is 0 Å². The molecule has 5 radical (unpaired) electrons. The zero-order chi connectivity index (χ0) is 20.0. The number of benzene rings is 1. The number of sulfonamides is 1. The largest absolute Gasteiger partial charge is 0.337 e. The molecule has 1 saturated carbocycles. The first-order valence-electron chi connectivity index (χ1n) is 10.1. The standard InChI is InChI=1S/C20H29ClN3O3S.2CH2/c21-16-8-6-12-19(14-16)28(26,27)24-13-7-11-18(24)15-22-20(25)23-17-9-4-2-1-3-5-10-17;;/h6,8,12,14,18H,1-5,7,9-11,13,15H2,(H2,22,23,25);2*1H2. The lowest BCUT2D eigenvalue weighted by Crippen LogP contribution is -2.46. The van der Waals surface area contributed by atoms with Crippen molar-refractivity contribution in [2.24, 2.45) is 0 Å². The Morgan fingerprint density at radius 3 is 2.40 bits per heavy atom. The van der Waals surface area contributed by atoms with Crippen LogP contribution < -0.4 is 10.6 Å². The average molecular weight is 455 g/mol. The van der Waals surface area contributed by atoms with Crippen molar-refractivity contribution in [1.82, 2.24) is 14.9 Å². The Hall–Kier alpha value is -1.31. The van der Waals surface area contributed by atoms with Crippen LogP contribution in [0, 0.1) is 20.9 Å². The third-order valence-electron chi connectivity index (χ3n) is 5.47. The van der Waals surface area contributed by atoms with Crippen LogP contribution in [0.5, 0.6) is 0 Å². The Balaban J connectivity index is 0.00000225. The number of hydrogen-bond donors (Lipinski definition) is 2. The van der Waals surface area contributed by atoms with Gasteiger partial charge in [-0.05, 0) is 43.9 Å². The summed E-state index contributed by atoms with van der Waals surface area (Å²) in [5.41, 5.74) is 0. The summed E-state index contributed by atoms with van der Waals surface area (Å²) < 4.78 is 27.4. The predicted molar refractivity (Wildman–Crippen MR) is 121 cm³/mol. The van der Waals surface area contributed by atoms with Gasteiger partial charge < -0.3 is 10.6 Å². The number of rotatable bonds is 5. The number of nitrogens with one attached hydrogen (secondary N) is 2. The van der Waals surface area contributed by atoms with Crippen LogP contribution in [0.4, 0.5) is 4.79 Å². The van der Waals surface area contributed by atoms with E-state index in [-0.39, 0.29) is 31.8 Å². The van der Waals surface area contributed by atoms with Gasteiger partial charge in [0.15, 0.2) is 0 Å². The molecule has 2 amide bonds. The van der Waals surface area contributed by atoms with Gasteiger partial charge in [0.25, 0.3) is 0 Å². The van der Waals surface area contributed by atoms with Crippen molar-refractivity contribution < 1.29 is 13.2 Å². The smallest absolute Gasteiger partial charge is 0.315 e. The van der Waals surface area contributed by atoms with Crippen molar-refractivity contribution >= 4 is 27.7 Å². The summed E-state index contributed by atoms with van der Waals surface area (Å²) in [6, 6.07) is 6.94. The Bertz CT molecular complexity index is 765. The fraction of sp³-hybridized carbons (Fsp3) is 0.545. The molecule has 1 aliphatic heterocycles. The summed E-state index contributed by atoms with van der Waals surface area (Å²) in [5, 5.41) is 6.25. The second kappa shape index (κ2) is 12.5. The van der Waals surface area contributed by atoms with Crippen molar-refractivity contribution in [3.8, 4) is 0 Å². The van der Waals surface area contributed by atoms with Gasteiger partial charge in [0.05, 0.1) is 10.9 Å². The molecule has 3 rings (SSSR count). The van der Waals surface area contributed by atoms with Crippen LogP contribution >= 0.6 is 11.6 Å². The van der Waals surface area contributed by atoms with Crippen LogP contribution in [-0.2, 0) is 10.0 Å². The Kier molecular flexibility index (Phi) is 11.2. The third kappa shape index (κ3) is 7.13. The molecule has 0 aromatic heterocycles. The Morgan fingerprint density at radius 1 is 1.07 bits per heavy atom. The lowest BCUT2D eigenvalue weighted by atomic mass is 9.97. The average Bonchev–Trinajstić information content (AvgIpc) is 3.12. The topological polar surface area (TPSA) is 78.5 Å². The second-order valence-corrected chi connectivity index (χ2v) is 9.90. The summed E-state index contributed by atoms with van der Waals surface area (Å²) in [6.45, 7) is 0.763. The maximum Gasteiger partial charge on any atom is 0.315 e. The van der Waals surface area contributed by atoms with Crippen LogP contribution in [0.1, 0.15) is 57.8 Å². The molecule has 8 heteroatoms. The number of amides is 2. The maximum atomic E-state index is 13.0. The first kappa shape index (κ1) is 26.7. The molecule has 1 aromatic rings. The first-order valence-corrected chi connectivity index (χ1v) is 12.0. The van der Waals surface area contributed by atoms with Crippen LogP contribution in [0.15, 0.2) is 29.2 Å². The van der Waals surface area contributed by atoms with E-state index in [4.69, 9.17) is 11.6 Å². The molecule has 2 fully saturated rings. The molecule has 167 valence electrons. The van der Waals surface area contributed by atoms with Crippen molar-refractivity contribution in [3.05, 3.63) is 50.2 Å². The van der Waals surface area contributed by atoms with Crippen molar-refractivity contribution in [3.63, 3.8) is 0 Å². The molecule has 1 atom stereocenters. The highest BCUT2D eigenvalue weighted by molar-refractivity contribution is 7.89. The fourth-order valence-corrected chi connectivity index (χ4v) is 5.96. The van der Waals surface area contributed by atoms with E-state index in [1.165, 1.54) is 29.6 Å². The minimum atomic E-state index is -3.62. The minimum absolute atomic E-state index is 0. The Labute approximate surface area is 187 Å². The monoisotopic (exact) mass is 454 g/mol. The molecule has 2 aliphatic rings. The summed E-state index contributed by atoms with van der Waals surface area (Å²) in [6.07, 6.45) is 9.32. The number of urea groups is 1. The number of hydrogen-bond acceptors (Lipinski definition) is 3. The molecule has 2 N–H and O–H groups in total. The highest BCUT2D eigenvalue weighted by atomic mass is 35.5. The predicted octanol–water partition coefficient (Wildman–Crippen LogP) is 4.72. The van der Waals surface area contributed by atoms with Crippen LogP contribution in [-0.4, -0.2) is 37.9 Å². The summed E-state index contributed by atoms with van der Waals surface area (Å²) in [5.74, 6) is 0. The Morgan fingerprint density at radius 2 is 1.73 bits per heavy atom. The van der Waals surface area contributed by atoms with E-state index in [9.17, 15) is 13.2 Å². The van der Waals surface area contributed by atoms with Crippen molar-refractivity contribution in [2.75, 3.05) is 13.1 Å². The molecule has 1 saturated heterocycles. The van der Waals surface area contributed by atoms with E-state index in [0.29, 0.717) is 18.1 Å². The molecule has 1 aliphatic carbocycles. The van der Waals surface area contributed by atoms with E-state index in [2.05, 4.69) is 10.6 Å². The normalized spacial score (nSPS) is 20.9. The number of carbonyl (C=O) groups is 1. The zero-order valence-corrected chi connectivity index (χ0v) is 19.1. The number of halogens is 1. The summed E-state index contributed by atoms with van der Waals surface area (Å²) in [4.78, 5) is 12.5. The van der Waals surface area contributed by atoms with Crippen molar-refractivity contribution in [2.45, 2.75) is 68.7 Å². The van der Waals surface area contributed by atoms with E-state index in [1.54, 1.807) is 18.2 Å². The first-order chi connectivity index (χ1) is 13.5. The van der Waals surface area contributed by atoms with Crippen molar-refractivity contribution in [1.29, 1.82) is 0 Å². The summed E-state index contributed by atoms with van der Waals surface area (Å²) in [7, 11) is -3.62. The van der Waals surface area contributed by atoms with E-state index in [1.807, 2.05) is 0 Å². The van der Waals surface area contributed by atoms with E-state index in [0.717, 1.165) is 44.6 Å². The molecular formula is C22H33ClN3O3S. The molecule has 1 heterocycles. The molecule has 6 nitrogen and oxygen atoms in total. The molecule has 0 bridgehead atoms.